The zero-order valence-corrected chi connectivity index (χ0v) is 12.9. The Balaban J connectivity index is 2.15. The van der Waals surface area contributed by atoms with Crippen LogP contribution in [0.4, 0.5) is 18.0 Å². The minimum atomic E-state index is -4.35. The van der Waals surface area contributed by atoms with Crippen LogP contribution in [-0.2, 0) is 10.9 Å². The van der Waals surface area contributed by atoms with Gasteiger partial charge in [-0.15, -0.1) is 0 Å². The molecule has 1 amide bonds. The largest absolute Gasteiger partial charge is 0.444 e. The number of benzene rings is 1. The summed E-state index contributed by atoms with van der Waals surface area (Å²) in [7, 11) is 0. The molecule has 0 aliphatic carbocycles. The fraction of sp³-hybridized carbons (Fsp3) is 0.562. The van der Waals surface area contributed by atoms with Crippen LogP contribution in [0.1, 0.15) is 50.8 Å². The van der Waals surface area contributed by atoms with Crippen molar-refractivity contribution in [3.05, 3.63) is 35.4 Å². The molecule has 1 unspecified atom stereocenters. The van der Waals surface area contributed by atoms with Gasteiger partial charge in [0.15, 0.2) is 0 Å². The van der Waals surface area contributed by atoms with E-state index in [1.165, 1.54) is 12.1 Å². The first kappa shape index (κ1) is 16.6. The zero-order chi connectivity index (χ0) is 16.5. The number of nitrogens with zero attached hydrogens (tertiary/aromatic N) is 1. The van der Waals surface area contributed by atoms with Gasteiger partial charge >= 0.3 is 12.3 Å². The van der Waals surface area contributed by atoms with E-state index in [9.17, 15) is 18.0 Å². The molecule has 1 aromatic carbocycles. The molecule has 0 bridgehead atoms. The van der Waals surface area contributed by atoms with Gasteiger partial charge in [0.1, 0.15) is 5.60 Å². The highest BCUT2D eigenvalue weighted by Gasteiger charge is 2.34. The normalized spacial score (nSPS) is 19.4. The number of amides is 1. The summed E-state index contributed by atoms with van der Waals surface area (Å²) in [6.07, 6.45) is -3.23. The van der Waals surface area contributed by atoms with E-state index in [4.69, 9.17) is 4.74 Å². The third-order valence-corrected chi connectivity index (χ3v) is 3.50. The van der Waals surface area contributed by atoms with Crippen molar-refractivity contribution in [1.82, 2.24) is 4.90 Å². The first-order valence-electron chi connectivity index (χ1n) is 7.25. The lowest BCUT2D eigenvalue weighted by Gasteiger charge is -2.29. The van der Waals surface area contributed by atoms with Gasteiger partial charge in [-0.2, -0.15) is 13.2 Å². The van der Waals surface area contributed by atoms with Gasteiger partial charge in [-0.1, -0.05) is 12.1 Å². The van der Waals surface area contributed by atoms with Crippen LogP contribution in [0, 0.1) is 0 Å². The molecule has 1 saturated heterocycles. The molecule has 0 radical (unpaired) electrons. The summed E-state index contributed by atoms with van der Waals surface area (Å²) in [5.74, 6) is 0. The van der Waals surface area contributed by atoms with Crippen molar-refractivity contribution in [2.45, 2.75) is 51.4 Å². The predicted octanol–water partition coefficient (Wildman–Crippen LogP) is 4.78. The Morgan fingerprint density at radius 2 is 1.77 bits per heavy atom. The molecular weight excluding hydrogens is 295 g/mol. The van der Waals surface area contributed by atoms with Gasteiger partial charge in [-0.3, -0.25) is 0 Å². The molecule has 3 nitrogen and oxygen atoms in total. The highest BCUT2D eigenvalue weighted by atomic mass is 19.4. The number of ether oxygens (including phenoxy) is 1. The number of alkyl halides is 3. The molecule has 2 rings (SSSR count). The average molecular weight is 315 g/mol. The second-order valence-electron chi connectivity index (χ2n) is 6.45. The summed E-state index contributed by atoms with van der Waals surface area (Å²) in [6.45, 7) is 5.91. The number of carbonyl (C=O) groups excluding carboxylic acids is 1. The first-order chi connectivity index (χ1) is 10.1. The van der Waals surface area contributed by atoms with Crippen LogP contribution in [0.25, 0.3) is 0 Å². The van der Waals surface area contributed by atoms with Crippen LogP contribution in [0.5, 0.6) is 0 Å². The molecular formula is C16H20F3NO2. The van der Waals surface area contributed by atoms with Crippen LogP contribution in [0.15, 0.2) is 24.3 Å². The maximum atomic E-state index is 12.6. The van der Waals surface area contributed by atoms with E-state index in [1.807, 2.05) is 0 Å². The fourth-order valence-corrected chi connectivity index (χ4v) is 2.55. The van der Waals surface area contributed by atoms with Gasteiger partial charge < -0.3 is 9.64 Å². The quantitative estimate of drug-likeness (QED) is 0.746. The SMILES string of the molecule is CC(C)(C)OC(=O)N1CCCC1c1ccc(C(F)(F)F)cc1. The summed E-state index contributed by atoms with van der Waals surface area (Å²) in [6, 6.07) is 4.77. The monoisotopic (exact) mass is 315 g/mol. The number of halogens is 3. The molecule has 0 aromatic heterocycles. The number of rotatable bonds is 1. The summed E-state index contributed by atoms with van der Waals surface area (Å²) in [5, 5.41) is 0. The van der Waals surface area contributed by atoms with Gasteiger partial charge in [0, 0.05) is 6.54 Å². The van der Waals surface area contributed by atoms with Crippen molar-refractivity contribution in [2.24, 2.45) is 0 Å². The topological polar surface area (TPSA) is 29.5 Å². The Hall–Kier alpha value is -1.72. The van der Waals surface area contributed by atoms with Crippen molar-refractivity contribution in [2.75, 3.05) is 6.54 Å². The van der Waals surface area contributed by atoms with Crippen LogP contribution >= 0.6 is 0 Å². The third-order valence-electron chi connectivity index (χ3n) is 3.50. The molecule has 0 saturated carbocycles. The standard InChI is InChI=1S/C16H20F3NO2/c1-15(2,3)22-14(21)20-10-4-5-13(20)11-6-8-12(9-7-11)16(17,18)19/h6-9,13H,4-5,10H2,1-3H3. The first-order valence-corrected chi connectivity index (χ1v) is 7.25. The second-order valence-corrected chi connectivity index (χ2v) is 6.45. The Bertz CT molecular complexity index is 532. The van der Waals surface area contributed by atoms with Crippen molar-refractivity contribution < 1.29 is 22.7 Å². The van der Waals surface area contributed by atoms with Crippen LogP contribution < -0.4 is 0 Å². The Labute approximate surface area is 128 Å². The number of carbonyl (C=O) groups is 1. The van der Waals surface area contributed by atoms with Crippen molar-refractivity contribution in [3.63, 3.8) is 0 Å². The molecule has 1 heterocycles. The van der Waals surface area contributed by atoms with E-state index in [1.54, 1.807) is 25.7 Å². The van der Waals surface area contributed by atoms with Gasteiger partial charge in [0.05, 0.1) is 11.6 Å². The van der Waals surface area contributed by atoms with E-state index in [-0.39, 0.29) is 6.04 Å². The lowest BCUT2D eigenvalue weighted by molar-refractivity contribution is -0.137. The molecule has 1 atom stereocenters. The molecule has 1 aromatic rings. The molecule has 122 valence electrons. The van der Waals surface area contributed by atoms with E-state index in [0.29, 0.717) is 12.1 Å². The predicted molar refractivity (Wildman–Crippen MR) is 76.4 cm³/mol. The maximum absolute atomic E-state index is 12.6. The van der Waals surface area contributed by atoms with Gasteiger partial charge in [0.25, 0.3) is 0 Å². The Morgan fingerprint density at radius 1 is 1.18 bits per heavy atom. The van der Waals surface area contributed by atoms with E-state index >= 15 is 0 Å². The Morgan fingerprint density at radius 3 is 2.27 bits per heavy atom. The van der Waals surface area contributed by atoms with Gasteiger partial charge in [0.2, 0.25) is 0 Å². The van der Waals surface area contributed by atoms with E-state index < -0.39 is 23.4 Å². The Kier molecular flexibility index (Phi) is 4.40. The number of hydrogen-bond donors (Lipinski definition) is 0. The van der Waals surface area contributed by atoms with Crippen LogP contribution in [-0.4, -0.2) is 23.1 Å². The summed E-state index contributed by atoms with van der Waals surface area (Å²) >= 11 is 0. The number of likely N-dealkylation sites (tertiary alicyclic amines) is 1. The van der Waals surface area contributed by atoms with Gasteiger partial charge in [-0.25, -0.2) is 4.79 Å². The van der Waals surface area contributed by atoms with Gasteiger partial charge in [-0.05, 0) is 51.3 Å². The molecule has 1 aliphatic heterocycles. The van der Waals surface area contributed by atoms with Crippen LogP contribution in [0.2, 0.25) is 0 Å². The average Bonchev–Trinajstić information content (AvgIpc) is 2.85. The zero-order valence-electron chi connectivity index (χ0n) is 12.9. The maximum Gasteiger partial charge on any atom is 0.416 e. The van der Waals surface area contributed by atoms with Crippen molar-refractivity contribution in [1.29, 1.82) is 0 Å². The summed E-state index contributed by atoms with van der Waals surface area (Å²) in [5.41, 5.74) is -0.570. The van der Waals surface area contributed by atoms with Crippen molar-refractivity contribution in [3.8, 4) is 0 Å². The smallest absolute Gasteiger partial charge is 0.416 e. The molecule has 22 heavy (non-hydrogen) atoms. The summed E-state index contributed by atoms with van der Waals surface area (Å²) in [4.78, 5) is 13.8. The molecule has 0 N–H and O–H groups in total. The lowest BCUT2D eigenvalue weighted by Crippen LogP contribution is -2.36. The minimum absolute atomic E-state index is 0.225. The van der Waals surface area contributed by atoms with Crippen LogP contribution in [0.3, 0.4) is 0 Å². The summed E-state index contributed by atoms with van der Waals surface area (Å²) < 4.78 is 43.2. The van der Waals surface area contributed by atoms with E-state index in [2.05, 4.69) is 0 Å². The molecule has 1 fully saturated rings. The number of hydrogen-bond acceptors (Lipinski definition) is 2. The molecule has 0 spiro atoms. The molecule has 1 aliphatic rings. The van der Waals surface area contributed by atoms with Crippen molar-refractivity contribution >= 4 is 6.09 Å². The highest BCUT2D eigenvalue weighted by Crippen LogP contribution is 2.35. The second kappa shape index (κ2) is 5.82. The van der Waals surface area contributed by atoms with E-state index in [0.717, 1.165) is 25.0 Å². The third kappa shape index (κ3) is 3.93. The lowest BCUT2D eigenvalue weighted by atomic mass is 10.0. The minimum Gasteiger partial charge on any atom is -0.444 e. The highest BCUT2D eigenvalue weighted by molar-refractivity contribution is 5.69. The fourth-order valence-electron chi connectivity index (χ4n) is 2.55. The molecule has 6 heteroatoms.